The van der Waals surface area contributed by atoms with Crippen LogP contribution in [0.3, 0.4) is 0 Å². The van der Waals surface area contributed by atoms with E-state index in [-0.39, 0.29) is 18.6 Å². The lowest BCUT2D eigenvalue weighted by molar-refractivity contribution is -0.137. The fraction of sp³-hybridized carbons (Fsp3) is 0.381. The Morgan fingerprint density at radius 1 is 1.08 bits per heavy atom. The van der Waals surface area contributed by atoms with Crippen molar-refractivity contribution in [2.24, 2.45) is 0 Å². The van der Waals surface area contributed by atoms with E-state index < -0.39 is 0 Å². The first-order valence-corrected chi connectivity index (χ1v) is 8.61. The molecule has 1 unspecified atom stereocenters. The van der Waals surface area contributed by atoms with E-state index in [1.165, 1.54) is 0 Å². The molecule has 2 aromatic carbocycles. The van der Waals surface area contributed by atoms with Crippen molar-refractivity contribution in [3.8, 4) is 0 Å². The molecule has 25 heavy (non-hydrogen) atoms. The fourth-order valence-corrected chi connectivity index (χ4v) is 3.06. The van der Waals surface area contributed by atoms with Crippen LogP contribution in [-0.4, -0.2) is 48.1 Å². The molecule has 2 rings (SSSR count). The summed E-state index contributed by atoms with van der Waals surface area (Å²) in [5.41, 5.74) is 4.36. The molecule has 1 atom stereocenters. The zero-order chi connectivity index (χ0) is 18.4. The summed E-state index contributed by atoms with van der Waals surface area (Å²) in [4.78, 5) is 17.0. The lowest BCUT2D eigenvalue weighted by Gasteiger charge is -2.31. The van der Waals surface area contributed by atoms with Crippen LogP contribution in [0.4, 0.5) is 0 Å². The molecule has 2 aromatic rings. The summed E-state index contributed by atoms with van der Waals surface area (Å²) in [7, 11) is 3.82. The number of aliphatic hydroxyl groups excluding tert-OH is 1. The molecule has 0 heterocycles. The molecule has 0 fully saturated rings. The molecule has 0 radical (unpaired) electrons. The molecule has 0 aliphatic rings. The van der Waals surface area contributed by atoms with Crippen molar-refractivity contribution >= 4 is 5.91 Å². The Balaban J connectivity index is 2.31. The summed E-state index contributed by atoms with van der Waals surface area (Å²) in [6.07, 6.45) is 0. The molecule has 1 amide bonds. The first-order chi connectivity index (χ1) is 11.9. The largest absolute Gasteiger partial charge is 0.395 e. The van der Waals surface area contributed by atoms with Crippen LogP contribution in [-0.2, 0) is 11.3 Å². The topological polar surface area (TPSA) is 43.8 Å². The number of likely N-dealkylation sites (N-methyl/N-ethyl adjacent to an activating group) is 1. The minimum Gasteiger partial charge on any atom is -0.395 e. The molecule has 0 aliphatic carbocycles. The molecule has 0 aromatic heterocycles. The highest BCUT2D eigenvalue weighted by molar-refractivity contribution is 5.83. The molecule has 0 aliphatic heterocycles. The van der Waals surface area contributed by atoms with Gasteiger partial charge in [-0.1, -0.05) is 54.1 Å². The number of amides is 1. The third-order valence-corrected chi connectivity index (χ3v) is 4.41. The first kappa shape index (κ1) is 19.2. The quantitative estimate of drug-likeness (QED) is 0.843. The number of carbonyl (C=O) groups is 1. The molecular weight excluding hydrogens is 312 g/mol. The van der Waals surface area contributed by atoms with Gasteiger partial charge < -0.3 is 10.0 Å². The van der Waals surface area contributed by atoms with Crippen LogP contribution in [0, 0.1) is 13.8 Å². The number of benzene rings is 2. The maximum atomic E-state index is 13.3. The highest BCUT2D eigenvalue weighted by Crippen LogP contribution is 2.23. The summed E-state index contributed by atoms with van der Waals surface area (Å²) >= 11 is 0. The molecule has 0 saturated heterocycles. The van der Waals surface area contributed by atoms with Crippen LogP contribution in [0.25, 0.3) is 0 Å². The maximum Gasteiger partial charge on any atom is 0.244 e. The van der Waals surface area contributed by atoms with Gasteiger partial charge in [0.05, 0.1) is 6.61 Å². The molecule has 0 bridgehead atoms. The monoisotopic (exact) mass is 340 g/mol. The van der Waals surface area contributed by atoms with E-state index in [1.807, 2.05) is 81.4 Å². The van der Waals surface area contributed by atoms with E-state index in [1.54, 1.807) is 4.90 Å². The Morgan fingerprint density at radius 3 is 2.40 bits per heavy atom. The number of carbonyl (C=O) groups excluding carboxylic acids is 1. The number of hydrogen-bond acceptors (Lipinski definition) is 3. The Morgan fingerprint density at radius 2 is 1.80 bits per heavy atom. The average Bonchev–Trinajstić information content (AvgIpc) is 2.56. The van der Waals surface area contributed by atoms with Gasteiger partial charge in [0, 0.05) is 13.1 Å². The highest BCUT2D eigenvalue weighted by Gasteiger charge is 2.28. The van der Waals surface area contributed by atoms with E-state index in [0.717, 1.165) is 22.3 Å². The Labute approximate surface area is 150 Å². The third kappa shape index (κ3) is 4.91. The Bertz CT molecular complexity index is 713. The molecular formula is C21H28N2O2. The minimum atomic E-state index is -0.365. The molecule has 1 N–H and O–H groups in total. The van der Waals surface area contributed by atoms with Gasteiger partial charge in [-0.05, 0) is 44.6 Å². The van der Waals surface area contributed by atoms with Crippen molar-refractivity contribution in [3.63, 3.8) is 0 Å². The van der Waals surface area contributed by atoms with Gasteiger partial charge in [0.15, 0.2) is 0 Å². The van der Waals surface area contributed by atoms with Gasteiger partial charge in [-0.15, -0.1) is 0 Å². The molecule has 0 saturated carbocycles. The van der Waals surface area contributed by atoms with E-state index in [4.69, 9.17) is 0 Å². The van der Waals surface area contributed by atoms with Crippen molar-refractivity contribution in [2.45, 2.75) is 26.4 Å². The summed E-state index contributed by atoms with van der Waals surface area (Å²) in [6.45, 7) is 4.84. The SMILES string of the molecule is Cc1cccc(C(C(=O)N(CCO)Cc2ccccc2C)N(C)C)c1. The lowest BCUT2D eigenvalue weighted by Crippen LogP contribution is -2.41. The van der Waals surface area contributed by atoms with Crippen LogP contribution < -0.4 is 0 Å². The van der Waals surface area contributed by atoms with E-state index >= 15 is 0 Å². The smallest absolute Gasteiger partial charge is 0.244 e. The zero-order valence-electron chi connectivity index (χ0n) is 15.6. The number of nitrogens with zero attached hydrogens (tertiary/aromatic N) is 2. The predicted molar refractivity (Wildman–Crippen MR) is 101 cm³/mol. The van der Waals surface area contributed by atoms with Crippen molar-refractivity contribution in [2.75, 3.05) is 27.2 Å². The van der Waals surface area contributed by atoms with Crippen molar-refractivity contribution < 1.29 is 9.90 Å². The van der Waals surface area contributed by atoms with Crippen molar-refractivity contribution in [1.29, 1.82) is 0 Å². The van der Waals surface area contributed by atoms with Gasteiger partial charge in [-0.3, -0.25) is 9.69 Å². The summed E-state index contributed by atoms with van der Waals surface area (Å²) in [5.74, 6) is 0.00732. The zero-order valence-corrected chi connectivity index (χ0v) is 15.6. The number of hydrogen-bond donors (Lipinski definition) is 1. The number of rotatable bonds is 7. The Kier molecular flexibility index (Phi) is 6.73. The third-order valence-electron chi connectivity index (χ3n) is 4.41. The summed E-state index contributed by atoms with van der Waals surface area (Å²) in [5, 5.41) is 9.46. The molecule has 134 valence electrons. The second-order valence-electron chi connectivity index (χ2n) is 6.69. The van der Waals surface area contributed by atoms with Gasteiger partial charge in [-0.25, -0.2) is 0 Å². The first-order valence-electron chi connectivity index (χ1n) is 8.61. The standard InChI is InChI=1S/C21H28N2O2/c1-16-8-7-11-18(14-16)20(22(3)4)21(25)23(12-13-24)15-19-10-6-5-9-17(19)2/h5-11,14,20,24H,12-13,15H2,1-4H3. The van der Waals surface area contributed by atoms with Gasteiger partial charge in [-0.2, -0.15) is 0 Å². The van der Waals surface area contributed by atoms with Crippen LogP contribution in [0.1, 0.15) is 28.3 Å². The van der Waals surface area contributed by atoms with Crippen LogP contribution >= 0.6 is 0 Å². The minimum absolute atomic E-state index is 0.00732. The van der Waals surface area contributed by atoms with Crippen LogP contribution in [0.15, 0.2) is 48.5 Å². The summed E-state index contributed by atoms with van der Waals surface area (Å²) < 4.78 is 0. The molecule has 4 heteroatoms. The molecule has 4 nitrogen and oxygen atoms in total. The molecule has 0 spiro atoms. The van der Waals surface area contributed by atoms with Crippen LogP contribution in [0.2, 0.25) is 0 Å². The van der Waals surface area contributed by atoms with E-state index in [9.17, 15) is 9.90 Å². The predicted octanol–water partition coefficient (Wildman–Crippen LogP) is 2.93. The van der Waals surface area contributed by atoms with E-state index in [0.29, 0.717) is 13.1 Å². The van der Waals surface area contributed by atoms with Gasteiger partial charge in [0.2, 0.25) is 5.91 Å². The highest BCUT2D eigenvalue weighted by atomic mass is 16.3. The second-order valence-corrected chi connectivity index (χ2v) is 6.69. The second kappa shape index (κ2) is 8.79. The van der Waals surface area contributed by atoms with Gasteiger partial charge in [0.25, 0.3) is 0 Å². The van der Waals surface area contributed by atoms with E-state index in [2.05, 4.69) is 0 Å². The van der Waals surface area contributed by atoms with Crippen molar-refractivity contribution in [1.82, 2.24) is 9.80 Å². The fourth-order valence-electron chi connectivity index (χ4n) is 3.06. The van der Waals surface area contributed by atoms with Crippen LogP contribution in [0.5, 0.6) is 0 Å². The normalized spacial score (nSPS) is 12.2. The number of aryl methyl sites for hydroxylation is 2. The Hall–Kier alpha value is -2.17. The van der Waals surface area contributed by atoms with Gasteiger partial charge >= 0.3 is 0 Å². The lowest BCUT2D eigenvalue weighted by atomic mass is 10.0. The summed E-state index contributed by atoms with van der Waals surface area (Å²) in [6, 6.07) is 15.7. The average molecular weight is 340 g/mol. The van der Waals surface area contributed by atoms with Crippen molar-refractivity contribution in [3.05, 3.63) is 70.8 Å². The number of aliphatic hydroxyl groups is 1. The maximum absolute atomic E-state index is 13.3. The van der Waals surface area contributed by atoms with Gasteiger partial charge in [0.1, 0.15) is 6.04 Å².